The first-order chi connectivity index (χ1) is 10.2. The molecule has 0 bridgehead atoms. The third kappa shape index (κ3) is 2.80. The Morgan fingerprint density at radius 1 is 0.952 bits per heavy atom. The van der Waals surface area contributed by atoms with Crippen molar-refractivity contribution in [1.29, 1.82) is 0 Å². The monoisotopic (exact) mass is 299 g/mol. The summed E-state index contributed by atoms with van der Waals surface area (Å²) in [5, 5.41) is 0. The Kier molecular flexibility index (Phi) is 3.45. The Labute approximate surface area is 122 Å². The quantitative estimate of drug-likeness (QED) is 0.805. The van der Waals surface area contributed by atoms with E-state index in [1.807, 2.05) is 12.1 Å². The van der Waals surface area contributed by atoms with Crippen LogP contribution in [0.2, 0.25) is 0 Å². The Bertz CT molecular complexity index is 828. The zero-order valence-corrected chi connectivity index (χ0v) is 11.9. The van der Waals surface area contributed by atoms with Gasteiger partial charge in [-0.05, 0) is 36.4 Å². The molecule has 0 saturated carbocycles. The number of rotatable bonds is 4. The minimum absolute atomic E-state index is 0.218. The van der Waals surface area contributed by atoms with Gasteiger partial charge in [0, 0.05) is 24.2 Å². The molecular weight excluding hydrogens is 286 g/mol. The summed E-state index contributed by atoms with van der Waals surface area (Å²) in [6.45, 7) is 0. The Hall–Kier alpha value is -2.60. The van der Waals surface area contributed by atoms with E-state index in [-0.39, 0.29) is 4.90 Å². The minimum atomic E-state index is -3.62. The number of sulfonamides is 1. The maximum Gasteiger partial charge on any atom is 0.275 e. The number of hydrogen-bond acceptors (Lipinski definition) is 3. The second-order valence-corrected chi connectivity index (χ2v) is 6.07. The number of aromatic nitrogens is 2. The van der Waals surface area contributed by atoms with Crippen LogP contribution in [-0.4, -0.2) is 18.1 Å². The molecule has 0 atom stereocenters. The third-order valence-corrected chi connectivity index (χ3v) is 4.31. The van der Waals surface area contributed by atoms with Crippen molar-refractivity contribution in [1.82, 2.24) is 9.66 Å². The van der Waals surface area contributed by atoms with Crippen LogP contribution in [0.3, 0.4) is 0 Å². The van der Waals surface area contributed by atoms with Crippen molar-refractivity contribution in [2.75, 3.05) is 4.83 Å². The average molecular weight is 299 g/mol. The molecule has 3 rings (SSSR count). The molecule has 3 aromatic rings. The van der Waals surface area contributed by atoms with Crippen LogP contribution < -0.4 is 4.83 Å². The normalized spacial score (nSPS) is 11.2. The molecule has 21 heavy (non-hydrogen) atoms. The summed E-state index contributed by atoms with van der Waals surface area (Å²) < 4.78 is 26.1. The molecule has 0 aliphatic rings. The summed E-state index contributed by atoms with van der Waals surface area (Å²) in [5.74, 6) is 0. The standard InChI is InChI=1S/C15H13N3O2S/c19-21(20,14-7-2-1-3-8-14)17-18-11-5-9-15(18)13-6-4-10-16-12-13/h1-12,17H. The van der Waals surface area contributed by atoms with Crippen LogP contribution in [0.15, 0.2) is 78.1 Å². The molecule has 0 fully saturated rings. The number of hydrogen-bond donors (Lipinski definition) is 1. The van der Waals surface area contributed by atoms with Gasteiger partial charge < -0.3 is 0 Å². The maximum absolute atomic E-state index is 12.3. The molecule has 0 radical (unpaired) electrons. The van der Waals surface area contributed by atoms with Gasteiger partial charge in [-0.1, -0.05) is 18.2 Å². The van der Waals surface area contributed by atoms with Gasteiger partial charge in [-0.25, -0.2) is 4.83 Å². The van der Waals surface area contributed by atoms with Gasteiger partial charge in [-0.15, -0.1) is 0 Å². The van der Waals surface area contributed by atoms with E-state index in [9.17, 15) is 8.42 Å². The highest BCUT2D eigenvalue weighted by Crippen LogP contribution is 2.19. The van der Waals surface area contributed by atoms with E-state index in [1.54, 1.807) is 61.1 Å². The molecule has 6 heteroatoms. The Balaban J connectivity index is 1.96. The molecule has 0 aliphatic heterocycles. The summed E-state index contributed by atoms with van der Waals surface area (Å²) in [6, 6.07) is 15.5. The SMILES string of the molecule is O=S(=O)(Nn1cccc1-c1cccnc1)c1ccccc1. The number of nitrogens with one attached hydrogen (secondary N) is 1. The summed E-state index contributed by atoms with van der Waals surface area (Å²) in [4.78, 5) is 6.81. The van der Waals surface area contributed by atoms with Crippen molar-refractivity contribution >= 4 is 10.0 Å². The molecule has 0 spiro atoms. The predicted octanol–water partition coefficient (Wildman–Crippen LogP) is 2.48. The summed E-state index contributed by atoms with van der Waals surface area (Å²) in [6.07, 6.45) is 5.01. The van der Waals surface area contributed by atoms with Gasteiger partial charge in [0.1, 0.15) is 0 Å². The number of nitrogens with zero attached hydrogens (tertiary/aromatic N) is 2. The van der Waals surface area contributed by atoms with Crippen LogP contribution in [0.4, 0.5) is 0 Å². The lowest BCUT2D eigenvalue weighted by Gasteiger charge is -2.12. The fourth-order valence-corrected chi connectivity index (χ4v) is 3.03. The average Bonchev–Trinajstić information content (AvgIpc) is 2.96. The molecule has 2 heterocycles. The predicted molar refractivity (Wildman–Crippen MR) is 80.7 cm³/mol. The van der Waals surface area contributed by atoms with E-state index in [4.69, 9.17) is 0 Å². The fourth-order valence-electron chi connectivity index (χ4n) is 1.99. The molecule has 0 saturated heterocycles. The lowest BCUT2D eigenvalue weighted by atomic mass is 10.2. The molecule has 1 aromatic carbocycles. The first-order valence-electron chi connectivity index (χ1n) is 6.32. The topological polar surface area (TPSA) is 64.0 Å². The van der Waals surface area contributed by atoms with E-state index in [0.29, 0.717) is 0 Å². The largest absolute Gasteiger partial charge is 0.275 e. The number of pyridine rings is 1. The fraction of sp³-hybridized carbons (Fsp3) is 0. The van der Waals surface area contributed by atoms with Crippen LogP contribution in [0, 0.1) is 0 Å². The second kappa shape index (κ2) is 5.41. The molecule has 1 N–H and O–H groups in total. The van der Waals surface area contributed by atoms with Crippen molar-refractivity contribution in [3.63, 3.8) is 0 Å². The molecule has 0 amide bonds. The molecule has 0 aliphatic carbocycles. The zero-order valence-electron chi connectivity index (χ0n) is 11.0. The van der Waals surface area contributed by atoms with Crippen molar-refractivity contribution in [2.45, 2.75) is 4.90 Å². The van der Waals surface area contributed by atoms with E-state index in [0.717, 1.165) is 11.3 Å². The Morgan fingerprint density at radius 3 is 2.48 bits per heavy atom. The Morgan fingerprint density at radius 2 is 1.76 bits per heavy atom. The van der Waals surface area contributed by atoms with E-state index >= 15 is 0 Å². The smallest absolute Gasteiger partial charge is 0.264 e. The van der Waals surface area contributed by atoms with E-state index in [2.05, 4.69) is 9.82 Å². The number of benzene rings is 1. The highest BCUT2D eigenvalue weighted by molar-refractivity contribution is 7.92. The van der Waals surface area contributed by atoms with E-state index in [1.165, 1.54) is 4.68 Å². The third-order valence-electron chi connectivity index (χ3n) is 2.98. The highest BCUT2D eigenvalue weighted by Gasteiger charge is 2.15. The van der Waals surface area contributed by atoms with Crippen molar-refractivity contribution in [3.8, 4) is 11.3 Å². The molecule has 2 aromatic heterocycles. The van der Waals surface area contributed by atoms with Crippen LogP contribution >= 0.6 is 0 Å². The van der Waals surface area contributed by atoms with Crippen LogP contribution in [0.5, 0.6) is 0 Å². The van der Waals surface area contributed by atoms with Crippen LogP contribution in [0.25, 0.3) is 11.3 Å². The summed E-state index contributed by atoms with van der Waals surface area (Å²) in [7, 11) is -3.62. The zero-order chi connectivity index (χ0) is 14.7. The minimum Gasteiger partial charge on any atom is -0.264 e. The van der Waals surface area contributed by atoms with Gasteiger partial charge in [0.05, 0.1) is 10.6 Å². The van der Waals surface area contributed by atoms with Crippen molar-refractivity contribution in [3.05, 3.63) is 73.2 Å². The molecule has 5 nitrogen and oxygen atoms in total. The second-order valence-electron chi connectivity index (χ2n) is 4.41. The van der Waals surface area contributed by atoms with E-state index < -0.39 is 10.0 Å². The van der Waals surface area contributed by atoms with Gasteiger partial charge in [0.15, 0.2) is 0 Å². The van der Waals surface area contributed by atoms with Gasteiger partial charge in [-0.3, -0.25) is 9.66 Å². The lowest BCUT2D eigenvalue weighted by molar-refractivity contribution is 0.595. The van der Waals surface area contributed by atoms with Crippen molar-refractivity contribution < 1.29 is 8.42 Å². The molecule has 106 valence electrons. The highest BCUT2D eigenvalue weighted by atomic mass is 32.2. The lowest BCUT2D eigenvalue weighted by Crippen LogP contribution is -2.23. The first kappa shape index (κ1) is 13.4. The first-order valence-corrected chi connectivity index (χ1v) is 7.81. The van der Waals surface area contributed by atoms with Gasteiger partial charge in [0.25, 0.3) is 10.0 Å². The van der Waals surface area contributed by atoms with Crippen molar-refractivity contribution in [2.24, 2.45) is 0 Å². The molecule has 0 unspecified atom stereocenters. The molecular formula is C15H13N3O2S. The maximum atomic E-state index is 12.3. The van der Waals surface area contributed by atoms with Crippen LogP contribution in [0.1, 0.15) is 0 Å². The summed E-state index contributed by atoms with van der Waals surface area (Å²) in [5.41, 5.74) is 1.56. The van der Waals surface area contributed by atoms with Gasteiger partial charge >= 0.3 is 0 Å². The van der Waals surface area contributed by atoms with Gasteiger partial charge in [0.2, 0.25) is 0 Å². The summed E-state index contributed by atoms with van der Waals surface area (Å²) >= 11 is 0. The van der Waals surface area contributed by atoms with Gasteiger partial charge in [-0.2, -0.15) is 8.42 Å². The van der Waals surface area contributed by atoms with Crippen LogP contribution in [-0.2, 0) is 10.0 Å².